The monoisotopic (exact) mass is 521 g/mol. The second-order valence-electron chi connectivity index (χ2n) is 6.82. The summed E-state index contributed by atoms with van der Waals surface area (Å²) in [6.07, 6.45) is 2.72. The largest absolute Gasteiger partial charge is 0.357 e. The minimum atomic E-state index is 0. The third-order valence-electron chi connectivity index (χ3n) is 4.39. The standard InChI is InChI=1S/C21H27N7O.HI/c1-4-22-21(24-15-19-26-25-18-10-5-6-13-28(18)19)23-12-11-16-8-7-9-17(14-16)20(29)27(2)3;/h5-10,13-14H,4,11-12,15H2,1-3H3,(H2,22,23,24);1H. The molecular formula is C21H28IN7O. The molecule has 9 heteroatoms. The fourth-order valence-electron chi connectivity index (χ4n) is 2.93. The van der Waals surface area contributed by atoms with Crippen LogP contribution in [0.1, 0.15) is 28.7 Å². The molecule has 1 amide bonds. The van der Waals surface area contributed by atoms with Crippen LogP contribution in [0.15, 0.2) is 53.7 Å². The van der Waals surface area contributed by atoms with Gasteiger partial charge in [0.2, 0.25) is 0 Å². The zero-order valence-corrected chi connectivity index (χ0v) is 19.8. The fourth-order valence-corrected chi connectivity index (χ4v) is 2.93. The first kappa shape index (κ1) is 23.6. The number of aliphatic imine (C=N–C) groups is 1. The number of nitrogens with zero attached hydrogens (tertiary/aromatic N) is 5. The van der Waals surface area contributed by atoms with E-state index >= 15 is 0 Å². The topological polar surface area (TPSA) is 86.9 Å². The van der Waals surface area contributed by atoms with Crippen molar-refractivity contribution >= 4 is 41.5 Å². The summed E-state index contributed by atoms with van der Waals surface area (Å²) in [6.45, 7) is 3.92. The maximum absolute atomic E-state index is 12.1. The Morgan fingerprint density at radius 3 is 2.73 bits per heavy atom. The van der Waals surface area contributed by atoms with Crippen molar-refractivity contribution in [2.45, 2.75) is 19.9 Å². The number of guanidine groups is 1. The summed E-state index contributed by atoms with van der Waals surface area (Å²) in [4.78, 5) is 18.3. The number of aromatic nitrogens is 3. The number of halogens is 1. The highest BCUT2D eigenvalue weighted by molar-refractivity contribution is 14.0. The number of carbonyl (C=O) groups is 1. The molecule has 0 aliphatic heterocycles. The molecular weight excluding hydrogens is 493 g/mol. The van der Waals surface area contributed by atoms with Crippen LogP contribution in [-0.2, 0) is 13.0 Å². The Hall–Kier alpha value is -2.69. The van der Waals surface area contributed by atoms with E-state index in [9.17, 15) is 4.79 Å². The Balaban J connectivity index is 0.00000320. The predicted molar refractivity (Wildman–Crippen MR) is 129 cm³/mol. The van der Waals surface area contributed by atoms with Gasteiger partial charge in [-0.15, -0.1) is 34.2 Å². The maximum atomic E-state index is 12.1. The van der Waals surface area contributed by atoms with Crippen LogP contribution in [-0.4, -0.2) is 58.5 Å². The van der Waals surface area contributed by atoms with Gasteiger partial charge in [0.25, 0.3) is 5.91 Å². The van der Waals surface area contributed by atoms with Crippen molar-refractivity contribution in [1.82, 2.24) is 30.1 Å². The molecule has 0 bridgehead atoms. The lowest BCUT2D eigenvalue weighted by atomic mass is 10.1. The van der Waals surface area contributed by atoms with Crippen molar-refractivity contribution in [3.63, 3.8) is 0 Å². The first-order valence-corrected chi connectivity index (χ1v) is 9.70. The summed E-state index contributed by atoms with van der Waals surface area (Å²) in [5.41, 5.74) is 2.61. The lowest BCUT2D eigenvalue weighted by molar-refractivity contribution is 0.0827. The van der Waals surface area contributed by atoms with Crippen molar-refractivity contribution in [2.24, 2.45) is 4.99 Å². The second kappa shape index (κ2) is 11.5. The van der Waals surface area contributed by atoms with Crippen LogP contribution in [0, 0.1) is 0 Å². The van der Waals surface area contributed by atoms with E-state index in [1.807, 2.05) is 60.0 Å². The van der Waals surface area contributed by atoms with E-state index in [0.717, 1.165) is 36.0 Å². The van der Waals surface area contributed by atoms with Crippen molar-refractivity contribution in [3.05, 3.63) is 65.6 Å². The molecule has 1 aromatic carbocycles. The van der Waals surface area contributed by atoms with Gasteiger partial charge >= 0.3 is 0 Å². The van der Waals surface area contributed by atoms with Crippen molar-refractivity contribution in [1.29, 1.82) is 0 Å². The third kappa shape index (κ3) is 6.15. The fraction of sp³-hybridized carbons (Fsp3) is 0.333. The number of benzene rings is 1. The lowest BCUT2D eigenvalue weighted by Crippen LogP contribution is -2.38. The van der Waals surface area contributed by atoms with Gasteiger partial charge in [-0.2, -0.15) is 0 Å². The summed E-state index contributed by atoms with van der Waals surface area (Å²) < 4.78 is 1.93. The number of amides is 1. The molecule has 0 saturated carbocycles. The van der Waals surface area contributed by atoms with E-state index in [2.05, 4.69) is 25.8 Å². The van der Waals surface area contributed by atoms with Crippen LogP contribution in [0.25, 0.3) is 5.65 Å². The van der Waals surface area contributed by atoms with Crippen molar-refractivity contribution in [3.8, 4) is 0 Å². The SMILES string of the molecule is CCNC(=NCc1nnc2ccccn12)NCCc1cccc(C(=O)N(C)C)c1.I. The Kier molecular flexibility index (Phi) is 9.03. The van der Waals surface area contributed by atoms with Gasteiger partial charge in [-0.3, -0.25) is 9.20 Å². The molecule has 3 rings (SSSR count). The summed E-state index contributed by atoms with van der Waals surface area (Å²) in [7, 11) is 3.52. The van der Waals surface area contributed by atoms with Crippen LogP contribution in [0.5, 0.6) is 0 Å². The zero-order valence-electron chi connectivity index (χ0n) is 17.5. The van der Waals surface area contributed by atoms with Gasteiger partial charge in [0.05, 0.1) is 0 Å². The van der Waals surface area contributed by atoms with Crippen LogP contribution < -0.4 is 10.6 Å². The van der Waals surface area contributed by atoms with Gasteiger partial charge in [0.1, 0.15) is 6.54 Å². The quantitative estimate of drug-likeness (QED) is 0.283. The van der Waals surface area contributed by atoms with Gasteiger partial charge in [-0.05, 0) is 43.2 Å². The van der Waals surface area contributed by atoms with Gasteiger partial charge in [0, 0.05) is 38.9 Å². The normalized spacial score (nSPS) is 11.1. The smallest absolute Gasteiger partial charge is 0.253 e. The molecule has 2 heterocycles. The summed E-state index contributed by atoms with van der Waals surface area (Å²) in [5, 5.41) is 14.9. The molecule has 2 aromatic heterocycles. The molecule has 0 unspecified atom stereocenters. The van der Waals surface area contributed by atoms with Crippen LogP contribution in [0.4, 0.5) is 0 Å². The Morgan fingerprint density at radius 1 is 1.13 bits per heavy atom. The van der Waals surface area contributed by atoms with E-state index < -0.39 is 0 Å². The first-order valence-electron chi connectivity index (χ1n) is 9.70. The minimum Gasteiger partial charge on any atom is -0.357 e. The second-order valence-corrected chi connectivity index (χ2v) is 6.82. The highest BCUT2D eigenvalue weighted by atomic mass is 127. The number of carbonyl (C=O) groups excluding carboxylic acids is 1. The first-order chi connectivity index (χ1) is 14.1. The average molecular weight is 521 g/mol. The zero-order chi connectivity index (χ0) is 20.6. The Labute approximate surface area is 193 Å². The van der Waals surface area contributed by atoms with Crippen LogP contribution in [0.2, 0.25) is 0 Å². The number of pyridine rings is 1. The maximum Gasteiger partial charge on any atom is 0.253 e. The molecule has 0 spiro atoms. The highest BCUT2D eigenvalue weighted by Crippen LogP contribution is 2.08. The molecule has 0 aliphatic rings. The van der Waals surface area contributed by atoms with Gasteiger partial charge in [-0.25, -0.2) is 4.99 Å². The molecule has 2 N–H and O–H groups in total. The molecule has 3 aromatic rings. The van der Waals surface area contributed by atoms with Gasteiger partial charge in [0.15, 0.2) is 17.4 Å². The number of nitrogens with one attached hydrogen (secondary N) is 2. The number of fused-ring (bicyclic) bond motifs is 1. The van der Waals surface area contributed by atoms with E-state index in [-0.39, 0.29) is 29.9 Å². The highest BCUT2D eigenvalue weighted by Gasteiger charge is 2.08. The number of hydrogen-bond donors (Lipinski definition) is 2. The Morgan fingerprint density at radius 2 is 1.97 bits per heavy atom. The molecule has 0 saturated heterocycles. The third-order valence-corrected chi connectivity index (χ3v) is 4.39. The Bertz CT molecular complexity index is 1000. The predicted octanol–water partition coefficient (Wildman–Crippen LogP) is 2.35. The summed E-state index contributed by atoms with van der Waals surface area (Å²) >= 11 is 0. The number of hydrogen-bond acceptors (Lipinski definition) is 4. The van der Waals surface area contributed by atoms with E-state index in [1.165, 1.54) is 0 Å². The summed E-state index contributed by atoms with van der Waals surface area (Å²) in [6, 6.07) is 13.5. The molecule has 8 nitrogen and oxygen atoms in total. The van der Waals surface area contributed by atoms with Crippen molar-refractivity contribution in [2.75, 3.05) is 27.2 Å². The molecule has 30 heavy (non-hydrogen) atoms. The average Bonchev–Trinajstić information content (AvgIpc) is 3.15. The molecule has 0 radical (unpaired) electrons. The van der Waals surface area contributed by atoms with Crippen LogP contribution >= 0.6 is 24.0 Å². The van der Waals surface area contributed by atoms with Crippen LogP contribution in [0.3, 0.4) is 0 Å². The molecule has 160 valence electrons. The van der Waals surface area contributed by atoms with E-state index in [1.54, 1.807) is 19.0 Å². The molecule has 0 aliphatic carbocycles. The summed E-state index contributed by atoms with van der Waals surface area (Å²) in [5.74, 6) is 1.52. The van der Waals surface area contributed by atoms with Crippen molar-refractivity contribution < 1.29 is 4.79 Å². The van der Waals surface area contributed by atoms with Gasteiger partial charge in [-0.1, -0.05) is 18.2 Å². The van der Waals surface area contributed by atoms with E-state index in [4.69, 9.17) is 0 Å². The van der Waals surface area contributed by atoms with Gasteiger partial charge < -0.3 is 15.5 Å². The molecule has 0 fully saturated rings. The lowest BCUT2D eigenvalue weighted by Gasteiger charge is -2.13. The molecule has 0 atom stereocenters. The minimum absolute atomic E-state index is 0. The number of rotatable bonds is 7. The van der Waals surface area contributed by atoms with E-state index in [0.29, 0.717) is 18.7 Å².